The van der Waals surface area contributed by atoms with Crippen molar-refractivity contribution in [1.29, 1.82) is 0 Å². The third-order valence-corrected chi connectivity index (χ3v) is 4.60. The van der Waals surface area contributed by atoms with Crippen LogP contribution in [0.15, 0.2) is 24.3 Å². The van der Waals surface area contributed by atoms with Crippen LogP contribution in [0.4, 0.5) is 4.39 Å². The third-order valence-electron chi connectivity index (χ3n) is 4.60. The Hall–Kier alpha value is -0.930. The van der Waals surface area contributed by atoms with E-state index < -0.39 is 0 Å². The zero-order chi connectivity index (χ0) is 15.1. The molecular formula is C18H29FN2. The van der Waals surface area contributed by atoms with Crippen LogP contribution in [0.5, 0.6) is 0 Å². The van der Waals surface area contributed by atoms with Gasteiger partial charge in [0.25, 0.3) is 0 Å². The summed E-state index contributed by atoms with van der Waals surface area (Å²) in [5.74, 6) is -0.189. The summed E-state index contributed by atoms with van der Waals surface area (Å²) < 4.78 is 13.2. The molecule has 0 saturated carbocycles. The number of nitrogens with two attached hydrogens (primary N) is 1. The Balaban J connectivity index is 2.12. The molecule has 1 aliphatic heterocycles. The van der Waals surface area contributed by atoms with E-state index in [1.807, 2.05) is 12.1 Å². The van der Waals surface area contributed by atoms with Crippen molar-refractivity contribution in [2.24, 2.45) is 5.73 Å². The van der Waals surface area contributed by atoms with E-state index in [1.54, 1.807) is 0 Å². The van der Waals surface area contributed by atoms with Crippen LogP contribution in [0.3, 0.4) is 0 Å². The molecule has 2 rings (SSSR count). The predicted octanol–water partition coefficient (Wildman–Crippen LogP) is 4.05. The van der Waals surface area contributed by atoms with Gasteiger partial charge < -0.3 is 10.6 Å². The van der Waals surface area contributed by atoms with Gasteiger partial charge in [0.15, 0.2) is 0 Å². The standard InChI is InChI=1S/C18H29FN2/c1-2-3-12-18(20,16-8-10-17(19)11-9-16)15-21-13-6-4-5-7-14-21/h8-11H,2-7,12-15,20H2,1H3. The first-order valence-electron chi connectivity index (χ1n) is 8.41. The number of hydrogen-bond donors (Lipinski definition) is 1. The Morgan fingerprint density at radius 3 is 2.29 bits per heavy atom. The van der Waals surface area contributed by atoms with Gasteiger partial charge in [-0.3, -0.25) is 0 Å². The summed E-state index contributed by atoms with van der Waals surface area (Å²) in [4.78, 5) is 2.51. The number of hydrogen-bond acceptors (Lipinski definition) is 2. The lowest BCUT2D eigenvalue weighted by atomic mass is 9.85. The summed E-state index contributed by atoms with van der Waals surface area (Å²) in [6.07, 6.45) is 8.42. The molecule has 0 radical (unpaired) electrons. The normalized spacial score (nSPS) is 20.0. The molecule has 1 fully saturated rings. The highest BCUT2D eigenvalue weighted by molar-refractivity contribution is 5.25. The molecule has 0 bridgehead atoms. The molecule has 1 unspecified atom stereocenters. The van der Waals surface area contributed by atoms with E-state index in [0.29, 0.717) is 0 Å². The number of rotatable bonds is 6. The van der Waals surface area contributed by atoms with Crippen molar-refractivity contribution in [3.05, 3.63) is 35.6 Å². The van der Waals surface area contributed by atoms with Crippen molar-refractivity contribution < 1.29 is 4.39 Å². The van der Waals surface area contributed by atoms with Crippen molar-refractivity contribution in [3.8, 4) is 0 Å². The van der Waals surface area contributed by atoms with Crippen LogP contribution in [-0.4, -0.2) is 24.5 Å². The zero-order valence-corrected chi connectivity index (χ0v) is 13.3. The number of nitrogens with zero attached hydrogens (tertiary/aromatic N) is 1. The van der Waals surface area contributed by atoms with Crippen LogP contribution in [0.25, 0.3) is 0 Å². The van der Waals surface area contributed by atoms with Crippen molar-refractivity contribution in [2.45, 2.75) is 57.4 Å². The highest BCUT2D eigenvalue weighted by Gasteiger charge is 2.29. The smallest absolute Gasteiger partial charge is 0.123 e. The minimum Gasteiger partial charge on any atom is -0.320 e. The van der Waals surface area contributed by atoms with Crippen LogP contribution in [0.1, 0.15) is 57.4 Å². The van der Waals surface area contributed by atoms with E-state index in [0.717, 1.165) is 44.5 Å². The fourth-order valence-corrected chi connectivity index (χ4v) is 3.28. The van der Waals surface area contributed by atoms with Crippen molar-refractivity contribution in [3.63, 3.8) is 0 Å². The van der Waals surface area contributed by atoms with Gasteiger partial charge in [-0.1, -0.05) is 44.7 Å². The molecule has 118 valence electrons. The van der Waals surface area contributed by atoms with Crippen LogP contribution >= 0.6 is 0 Å². The Kier molecular flexibility index (Phi) is 6.19. The SMILES string of the molecule is CCCCC(N)(CN1CCCCCC1)c1ccc(F)cc1. The van der Waals surface area contributed by atoms with E-state index >= 15 is 0 Å². The first-order valence-corrected chi connectivity index (χ1v) is 8.41. The number of benzene rings is 1. The van der Waals surface area contributed by atoms with E-state index in [2.05, 4.69) is 11.8 Å². The summed E-state index contributed by atoms with van der Waals surface area (Å²) in [6, 6.07) is 6.79. The highest BCUT2D eigenvalue weighted by Crippen LogP contribution is 2.27. The van der Waals surface area contributed by atoms with Gasteiger partial charge in [-0.2, -0.15) is 0 Å². The van der Waals surface area contributed by atoms with Crippen LogP contribution < -0.4 is 5.73 Å². The van der Waals surface area contributed by atoms with Gasteiger partial charge in [-0.05, 0) is 50.0 Å². The summed E-state index contributed by atoms with van der Waals surface area (Å²) >= 11 is 0. The quantitative estimate of drug-likeness (QED) is 0.857. The van der Waals surface area contributed by atoms with Gasteiger partial charge in [-0.15, -0.1) is 0 Å². The average molecular weight is 292 g/mol. The lowest BCUT2D eigenvalue weighted by Crippen LogP contribution is -2.48. The molecule has 1 aromatic rings. The number of unbranched alkanes of at least 4 members (excludes halogenated alkanes) is 1. The van der Waals surface area contributed by atoms with E-state index in [9.17, 15) is 4.39 Å². The van der Waals surface area contributed by atoms with E-state index in [4.69, 9.17) is 5.73 Å². The molecule has 2 N–H and O–H groups in total. The third kappa shape index (κ3) is 4.79. The number of likely N-dealkylation sites (tertiary alicyclic amines) is 1. The van der Waals surface area contributed by atoms with E-state index in [-0.39, 0.29) is 11.4 Å². The Morgan fingerprint density at radius 2 is 1.71 bits per heavy atom. The molecule has 1 heterocycles. The minimum atomic E-state index is -0.353. The Morgan fingerprint density at radius 1 is 1.10 bits per heavy atom. The molecule has 1 atom stereocenters. The summed E-state index contributed by atoms with van der Waals surface area (Å²) in [5.41, 5.74) is 7.49. The Labute approximate surface area is 128 Å². The largest absolute Gasteiger partial charge is 0.320 e. The second kappa shape index (κ2) is 7.90. The van der Waals surface area contributed by atoms with Crippen LogP contribution in [-0.2, 0) is 5.54 Å². The van der Waals surface area contributed by atoms with Gasteiger partial charge in [0.2, 0.25) is 0 Å². The average Bonchev–Trinajstić information content (AvgIpc) is 2.74. The molecule has 21 heavy (non-hydrogen) atoms. The van der Waals surface area contributed by atoms with Gasteiger partial charge in [0.1, 0.15) is 5.82 Å². The lowest BCUT2D eigenvalue weighted by molar-refractivity contribution is 0.203. The molecule has 3 heteroatoms. The van der Waals surface area contributed by atoms with Gasteiger partial charge in [0.05, 0.1) is 5.54 Å². The van der Waals surface area contributed by atoms with Gasteiger partial charge >= 0.3 is 0 Å². The molecule has 0 aliphatic carbocycles. The zero-order valence-electron chi connectivity index (χ0n) is 13.3. The minimum absolute atomic E-state index is 0.189. The molecule has 0 amide bonds. The van der Waals surface area contributed by atoms with Crippen LogP contribution in [0.2, 0.25) is 0 Å². The summed E-state index contributed by atoms with van der Waals surface area (Å²) in [6.45, 7) is 5.37. The maximum absolute atomic E-state index is 13.2. The topological polar surface area (TPSA) is 29.3 Å². The van der Waals surface area contributed by atoms with Gasteiger partial charge in [0, 0.05) is 6.54 Å². The van der Waals surface area contributed by atoms with Crippen molar-refractivity contribution in [1.82, 2.24) is 4.90 Å². The van der Waals surface area contributed by atoms with Crippen molar-refractivity contribution >= 4 is 0 Å². The highest BCUT2D eigenvalue weighted by atomic mass is 19.1. The van der Waals surface area contributed by atoms with Crippen molar-refractivity contribution in [2.75, 3.05) is 19.6 Å². The maximum atomic E-state index is 13.2. The van der Waals surface area contributed by atoms with Gasteiger partial charge in [-0.25, -0.2) is 4.39 Å². The van der Waals surface area contributed by atoms with E-state index in [1.165, 1.54) is 37.8 Å². The first-order chi connectivity index (χ1) is 10.1. The molecule has 0 spiro atoms. The fraction of sp³-hybridized carbons (Fsp3) is 0.667. The fourth-order valence-electron chi connectivity index (χ4n) is 3.28. The summed E-state index contributed by atoms with van der Waals surface area (Å²) in [7, 11) is 0. The monoisotopic (exact) mass is 292 g/mol. The lowest BCUT2D eigenvalue weighted by Gasteiger charge is -2.36. The second-order valence-electron chi connectivity index (χ2n) is 6.46. The Bertz CT molecular complexity index is 410. The maximum Gasteiger partial charge on any atom is 0.123 e. The van der Waals surface area contributed by atoms with Crippen LogP contribution in [0, 0.1) is 5.82 Å². The predicted molar refractivity (Wildman–Crippen MR) is 86.7 cm³/mol. The molecule has 1 aliphatic rings. The summed E-state index contributed by atoms with van der Waals surface area (Å²) in [5, 5.41) is 0. The molecule has 1 saturated heterocycles. The molecule has 0 aromatic heterocycles. The molecule has 2 nitrogen and oxygen atoms in total. The number of halogens is 1. The second-order valence-corrected chi connectivity index (χ2v) is 6.46. The molecular weight excluding hydrogens is 263 g/mol. The molecule has 1 aromatic carbocycles. The first kappa shape index (κ1) is 16.4.